The van der Waals surface area contributed by atoms with Gasteiger partial charge in [-0.05, 0) is 12.5 Å². The monoisotopic (exact) mass is 380 g/mol. The quantitative estimate of drug-likeness (QED) is 0.510. The minimum atomic E-state index is -3.87. The average molecular weight is 380 g/mol. The van der Waals surface area contributed by atoms with Gasteiger partial charge in [-0.1, -0.05) is 12.1 Å². The molecule has 1 fully saturated rings. The van der Waals surface area contributed by atoms with Crippen LogP contribution in [-0.4, -0.2) is 70.0 Å². The van der Waals surface area contributed by atoms with Gasteiger partial charge in [0.25, 0.3) is 5.69 Å². The number of nitro benzene ring substituents is 1. The van der Waals surface area contributed by atoms with Crippen molar-refractivity contribution in [2.24, 2.45) is 0 Å². The standard InChI is InChI=1S/C15H20N6O4S/c22-21(23)14-4-1-2-5-15(14)26(24,25)20-10-8-18(9-11-20)6-3-7-19-13-16-12-17-19/h1-2,4-5,12-13H,3,6-11H2. The Kier molecular flexibility index (Phi) is 5.59. The second-order valence-electron chi connectivity index (χ2n) is 5.98. The summed E-state index contributed by atoms with van der Waals surface area (Å²) in [5, 5.41) is 15.2. The third-order valence-electron chi connectivity index (χ3n) is 4.34. The summed E-state index contributed by atoms with van der Waals surface area (Å²) in [6.07, 6.45) is 4.05. The first-order valence-electron chi connectivity index (χ1n) is 8.27. The van der Waals surface area contributed by atoms with Gasteiger partial charge in [-0.25, -0.2) is 13.4 Å². The number of hydrogen-bond donors (Lipinski definition) is 0. The van der Waals surface area contributed by atoms with Crippen molar-refractivity contribution in [3.05, 3.63) is 47.0 Å². The van der Waals surface area contributed by atoms with E-state index in [2.05, 4.69) is 15.0 Å². The highest BCUT2D eigenvalue weighted by Gasteiger charge is 2.33. The minimum Gasteiger partial charge on any atom is -0.301 e. The van der Waals surface area contributed by atoms with Crippen molar-refractivity contribution in [2.75, 3.05) is 32.7 Å². The predicted octanol–water partition coefficient (Wildman–Crippen LogP) is 0.583. The van der Waals surface area contributed by atoms with Gasteiger partial charge in [0, 0.05) is 45.3 Å². The SMILES string of the molecule is O=[N+]([O-])c1ccccc1S(=O)(=O)N1CCN(CCCn2cncn2)CC1. The molecular weight excluding hydrogens is 360 g/mol. The highest BCUT2D eigenvalue weighted by molar-refractivity contribution is 7.89. The van der Waals surface area contributed by atoms with Crippen LogP contribution in [0.15, 0.2) is 41.8 Å². The molecule has 2 heterocycles. The highest BCUT2D eigenvalue weighted by Crippen LogP contribution is 2.26. The molecular formula is C15H20N6O4S. The van der Waals surface area contributed by atoms with Gasteiger partial charge in [-0.15, -0.1) is 0 Å². The predicted molar refractivity (Wildman–Crippen MR) is 92.9 cm³/mol. The van der Waals surface area contributed by atoms with Crippen molar-refractivity contribution in [3.63, 3.8) is 0 Å². The van der Waals surface area contributed by atoms with Crippen LogP contribution in [0.5, 0.6) is 0 Å². The molecule has 0 saturated carbocycles. The van der Waals surface area contributed by atoms with E-state index in [0.717, 1.165) is 19.5 Å². The summed E-state index contributed by atoms with van der Waals surface area (Å²) in [4.78, 5) is 16.3. The second kappa shape index (κ2) is 7.89. The van der Waals surface area contributed by atoms with Crippen molar-refractivity contribution >= 4 is 15.7 Å². The Labute approximate surface area is 151 Å². The molecule has 0 atom stereocenters. The van der Waals surface area contributed by atoms with Gasteiger partial charge in [0.05, 0.1) is 4.92 Å². The molecule has 11 heteroatoms. The molecule has 3 rings (SSSR count). The molecule has 10 nitrogen and oxygen atoms in total. The number of piperazine rings is 1. The molecule has 0 amide bonds. The number of nitrogens with zero attached hydrogens (tertiary/aromatic N) is 6. The molecule has 1 saturated heterocycles. The number of benzene rings is 1. The summed E-state index contributed by atoms with van der Waals surface area (Å²) in [5.41, 5.74) is -0.386. The summed E-state index contributed by atoms with van der Waals surface area (Å²) >= 11 is 0. The minimum absolute atomic E-state index is 0.246. The fourth-order valence-corrected chi connectivity index (χ4v) is 4.54. The van der Waals surface area contributed by atoms with E-state index >= 15 is 0 Å². The molecule has 140 valence electrons. The molecule has 2 aromatic rings. The van der Waals surface area contributed by atoms with E-state index in [-0.39, 0.29) is 10.6 Å². The van der Waals surface area contributed by atoms with Crippen molar-refractivity contribution in [1.82, 2.24) is 24.0 Å². The van der Waals surface area contributed by atoms with Crippen LogP contribution < -0.4 is 0 Å². The second-order valence-corrected chi connectivity index (χ2v) is 7.89. The van der Waals surface area contributed by atoms with E-state index in [1.165, 1.54) is 34.9 Å². The van der Waals surface area contributed by atoms with Gasteiger partial charge in [-0.2, -0.15) is 9.40 Å². The maximum absolute atomic E-state index is 12.8. The zero-order valence-electron chi connectivity index (χ0n) is 14.1. The van der Waals surface area contributed by atoms with E-state index in [1.54, 1.807) is 11.0 Å². The van der Waals surface area contributed by atoms with Crippen LogP contribution in [0.1, 0.15) is 6.42 Å². The number of sulfonamides is 1. The summed E-state index contributed by atoms with van der Waals surface area (Å²) in [7, 11) is -3.87. The number of aryl methyl sites for hydroxylation is 1. The molecule has 1 aliphatic rings. The Morgan fingerprint density at radius 1 is 1.12 bits per heavy atom. The van der Waals surface area contributed by atoms with Crippen LogP contribution in [0.3, 0.4) is 0 Å². The first kappa shape index (κ1) is 18.4. The van der Waals surface area contributed by atoms with E-state index in [1.807, 2.05) is 0 Å². The van der Waals surface area contributed by atoms with E-state index in [0.29, 0.717) is 26.2 Å². The Bertz CT molecular complexity index is 847. The summed E-state index contributed by atoms with van der Waals surface area (Å²) in [6, 6.07) is 5.47. The number of hydrogen-bond acceptors (Lipinski definition) is 7. The Morgan fingerprint density at radius 2 is 1.85 bits per heavy atom. The van der Waals surface area contributed by atoms with Crippen LogP contribution in [0.2, 0.25) is 0 Å². The average Bonchev–Trinajstić information content (AvgIpc) is 3.15. The first-order chi connectivity index (χ1) is 12.5. The van der Waals surface area contributed by atoms with E-state index in [4.69, 9.17) is 0 Å². The largest absolute Gasteiger partial charge is 0.301 e. The van der Waals surface area contributed by atoms with Gasteiger partial charge in [0.2, 0.25) is 10.0 Å². The number of rotatable bonds is 7. The zero-order chi connectivity index (χ0) is 18.6. The van der Waals surface area contributed by atoms with Crippen molar-refractivity contribution in [2.45, 2.75) is 17.9 Å². The van der Waals surface area contributed by atoms with Gasteiger partial charge < -0.3 is 4.90 Å². The lowest BCUT2D eigenvalue weighted by Crippen LogP contribution is -2.48. The summed E-state index contributed by atoms with van der Waals surface area (Å²) in [5.74, 6) is 0. The maximum Gasteiger partial charge on any atom is 0.289 e. The number of para-hydroxylation sites is 1. The molecule has 0 radical (unpaired) electrons. The molecule has 0 N–H and O–H groups in total. The third kappa shape index (κ3) is 4.06. The first-order valence-corrected chi connectivity index (χ1v) is 9.71. The fourth-order valence-electron chi connectivity index (χ4n) is 2.96. The van der Waals surface area contributed by atoms with Gasteiger partial charge >= 0.3 is 0 Å². The number of nitro groups is 1. The molecule has 1 aliphatic heterocycles. The van der Waals surface area contributed by atoms with Crippen LogP contribution in [0.25, 0.3) is 0 Å². The zero-order valence-corrected chi connectivity index (χ0v) is 15.0. The fraction of sp³-hybridized carbons (Fsp3) is 0.467. The van der Waals surface area contributed by atoms with Crippen LogP contribution in [0, 0.1) is 10.1 Å². The normalized spacial score (nSPS) is 16.6. The maximum atomic E-state index is 12.8. The lowest BCUT2D eigenvalue weighted by molar-refractivity contribution is -0.387. The van der Waals surface area contributed by atoms with E-state index in [9.17, 15) is 18.5 Å². The molecule has 1 aromatic heterocycles. The topological polar surface area (TPSA) is 114 Å². The molecule has 0 bridgehead atoms. The lowest BCUT2D eigenvalue weighted by atomic mass is 10.3. The van der Waals surface area contributed by atoms with Gasteiger partial charge in [0.1, 0.15) is 12.7 Å². The summed E-state index contributed by atoms with van der Waals surface area (Å²) in [6.45, 7) is 3.41. The smallest absolute Gasteiger partial charge is 0.289 e. The molecule has 0 unspecified atom stereocenters. The van der Waals surface area contributed by atoms with E-state index < -0.39 is 14.9 Å². The Balaban J connectivity index is 1.58. The van der Waals surface area contributed by atoms with Crippen LogP contribution >= 0.6 is 0 Å². The molecule has 0 aliphatic carbocycles. The Morgan fingerprint density at radius 3 is 2.50 bits per heavy atom. The summed E-state index contributed by atoms with van der Waals surface area (Å²) < 4.78 is 28.6. The Hall–Kier alpha value is -2.37. The molecule has 1 aromatic carbocycles. The molecule has 26 heavy (non-hydrogen) atoms. The van der Waals surface area contributed by atoms with Crippen molar-refractivity contribution < 1.29 is 13.3 Å². The van der Waals surface area contributed by atoms with Crippen LogP contribution in [0.4, 0.5) is 5.69 Å². The third-order valence-corrected chi connectivity index (χ3v) is 6.29. The number of aromatic nitrogens is 3. The van der Waals surface area contributed by atoms with Crippen molar-refractivity contribution in [3.8, 4) is 0 Å². The van der Waals surface area contributed by atoms with Crippen molar-refractivity contribution in [1.29, 1.82) is 0 Å². The highest BCUT2D eigenvalue weighted by atomic mass is 32.2. The van der Waals surface area contributed by atoms with Gasteiger partial charge in [-0.3, -0.25) is 14.8 Å². The van der Waals surface area contributed by atoms with Gasteiger partial charge in [0.15, 0.2) is 4.90 Å². The van der Waals surface area contributed by atoms with Crippen LogP contribution in [-0.2, 0) is 16.6 Å². The molecule has 0 spiro atoms. The lowest BCUT2D eigenvalue weighted by Gasteiger charge is -2.33.